The van der Waals surface area contributed by atoms with Crippen molar-refractivity contribution in [2.45, 2.75) is 46.6 Å². The van der Waals surface area contributed by atoms with Crippen molar-refractivity contribution in [1.82, 2.24) is 4.90 Å². The molecular weight excluding hydrogens is 336 g/mol. The third-order valence-corrected chi connectivity index (χ3v) is 4.30. The second-order valence-electron chi connectivity index (χ2n) is 7.43. The average Bonchev–Trinajstić information content (AvgIpc) is 2.56. The minimum atomic E-state index is 0.115. The van der Waals surface area contributed by atoms with Crippen molar-refractivity contribution in [2.75, 3.05) is 26.0 Å². The quantitative estimate of drug-likeness (QED) is 0.624. The van der Waals surface area contributed by atoms with E-state index in [2.05, 4.69) is 31.6 Å². The highest BCUT2D eigenvalue weighted by Gasteiger charge is 2.26. The van der Waals surface area contributed by atoms with E-state index in [0.717, 1.165) is 43.7 Å². The van der Waals surface area contributed by atoms with Gasteiger partial charge in [0.05, 0.1) is 6.04 Å². The molecule has 0 aliphatic carbocycles. The highest BCUT2D eigenvalue weighted by molar-refractivity contribution is 6.30. The molecule has 0 radical (unpaired) electrons. The molecule has 0 aromatic heterocycles. The van der Waals surface area contributed by atoms with E-state index in [4.69, 9.17) is 17.3 Å². The van der Waals surface area contributed by atoms with Gasteiger partial charge in [0.1, 0.15) is 0 Å². The summed E-state index contributed by atoms with van der Waals surface area (Å²) >= 11 is 6.09. The molecule has 5 heteroatoms. The zero-order valence-electron chi connectivity index (χ0n) is 16.0. The monoisotopic (exact) mass is 366 g/mol. The van der Waals surface area contributed by atoms with Crippen molar-refractivity contribution in [3.05, 3.63) is 34.9 Å². The average molecular weight is 367 g/mol. The summed E-state index contributed by atoms with van der Waals surface area (Å²) in [5.41, 5.74) is 9.15. The summed E-state index contributed by atoms with van der Waals surface area (Å²) in [6.45, 7) is 10.1. The Morgan fingerprint density at radius 2 is 2.04 bits per heavy atom. The topological polar surface area (TPSA) is 55.6 Å². The van der Waals surface area contributed by atoms with Gasteiger partial charge < -0.3 is 15.4 Å². The Kier molecular flexibility index (Phi) is 8.46. The largest absolute Gasteiger partial charge is 0.398 e. The number of nitrogens with two attached hydrogens (primary N) is 1. The van der Waals surface area contributed by atoms with Crippen molar-refractivity contribution in [3.8, 4) is 0 Å². The predicted octanol–water partition coefficient (Wildman–Crippen LogP) is 4.63. The van der Waals surface area contributed by atoms with Crippen LogP contribution in [0.15, 0.2) is 24.3 Å². The summed E-state index contributed by atoms with van der Waals surface area (Å²) in [5.74, 6) is 0. The van der Waals surface area contributed by atoms with Crippen LogP contribution in [0.25, 0.3) is 5.57 Å². The van der Waals surface area contributed by atoms with Crippen LogP contribution in [0.4, 0.5) is 5.69 Å². The van der Waals surface area contributed by atoms with Crippen LogP contribution in [0, 0.1) is 5.41 Å². The molecule has 0 fully saturated rings. The lowest BCUT2D eigenvalue weighted by atomic mass is 9.84. The van der Waals surface area contributed by atoms with E-state index >= 15 is 0 Å². The number of nitrogen functional groups attached to an aromatic ring is 1. The Hall–Kier alpha value is -1.52. The fourth-order valence-corrected chi connectivity index (χ4v) is 2.96. The van der Waals surface area contributed by atoms with Gasteiger partial charge in [0.15, 0.2) is 0 Å². The number of carbonyl (C=O) groups is 1. The molecule has 1 aliphatic rings. The van der Waals surface area contributed by atoms with Gasteiger partial charge in [-0.2, -0.15) is 0 Å². The lowest BCUT2D eigenvalue weighted by Crippen LogP contribution is -2.39. The van der Waals surface area contributed by atoms with Crippen LogP contribution in [0.2, 0.25) is 5.02 Å². The third-order valence-electron chi connectivity index (χ3n) is 4.07. The molecule has 0 saturated heterocycles. The second-order valence-corrected chi connectivity index (χ2v) is 7.86. The molecule has 1 amide bonds. The number of anilines is 1. The van der Waals surface area contributed by atoms with Gasteiger partial charge in [-0.25, -0.2) is 0 Å². The van der Waals surface area contributed by atoms with E-state index in [-0.39, 0.29) is 11.5 Å². The van der Waals surface area contributed by atoms with Crippen molar-refractivity contribution in [3.63, 3.8) is 0 Å². The minimum Gasteiger partial charge on any atom is -0.398 e. The van der Waals surface area contributed by atoms with Crippen LogP contribution >= 0.6 is 11.6 Å². The normalized spacial score (nSPS) is 17.4. The number of nitrogens with zero attached hydrogens (tertiary/aromatic N) is 1. The zero-order valence-corrected chi connectivity index (χ0v) is 16.8. The molecule has 2 N–H and O–H groups in total. The maximum Gasteiger partial charge on any atom is 0.210 e. The van der Waals surface area contributed by atoms with Gasteiger partial charge >= 0.3 is 0 Å². The molecule has 25 heavy (non-hydrogen) atoms. The Morgan fingerprint density at radius 1 is 1.40 bits per heavy atom. The van der Waals surface area contributed by atoms with Crippen LogP contribution in [-0.2, 0) is 9.53 Å². The number of halogens is 1. The molecule has 1 aromatic carbocycles. The van der Waals surface area contributed by atoms with E-state index in [0.29, 0.717) is 5.02 Å². The highest BCUT2D eigenvalue weighted by atomic mass is 35.5. The Morgan fingerprint density at radius 3 is 2.56 bits per heavy atom. The van der Waals surface area contributed by atoms with E-state index in [1.54, 1.807) is 13.2 Å². The van der Waals surface area contributed by atoms with Crippen LogP contribution in [0.3, 0.4) is 0 Å². The molecule has 4 nitrogen and oxygen atoms in total. The molecule has 0 bridgehead atoms. The first-order valence-corrected chi connectivity index (χ1v) is 9.05. The standard InChI is InChI=1S/C17H23ClN2O.C3H8O/c1-17(2,3)10-14-8-12(6-7-20(14)11-21)15-9-13(18)4-5-16(15)19;1-3-4-2/h4-5,8-9,11,14H,6-7,10,19H2,1-3H3;3H2,1-2H3. The van der Waals surface area contributed by atoms with Crippen molar-refractivity contribution in [1.29, 1.82) is 0 Å². The first-order chi connectivity index (χ1) is 11.7. The van der Waals surface area contributed by atoms with Crippen LogP contribution in [-0.4, -0.2) is 37.6 Å². The molecule has 1 heterocycles. The van der Waals surface area contributed by atoms with Gasteiger partial charge in [-0.05, 0) is 49.0 Å². The molecule has 0 spiro atoms. The first-order valence-electron chi connectivity index (χ1n) is 8.68. The smallest absolute Gasteiger partial charge is 0.210 e. The van der Waals surface area contributed by atoms with E-state index < -0.39 is 0 Å². The number of hydrogen-bond donors (Lipinski definition) is 1. The summed E-state index contributed by atoms with van der Waals surface area (Å²) in [6, 6.07) is 5.66. The third kappa shape index (κ3) is 7.09. The SMILES string of the molecule is CC(C)(C)CC1C=C(c2cc(Cl)ccc2N)CCN1C=O.CCOC. The molecule has 140 valence electrons. The Labute approximate surface area is 157 Å². The molecule has 1 aliphatic heterocycles. The number of methoxy groups -OCH3 is 1. The highest BCUT2D eigenvalue weighted by Crippen LogP contribution is 2.34. The van der Waals surface area contributed by atoms with Gasteiger partial charge in [-0.1, -0.05) is 38.4 Å². The van der Waals surface area contributed by atoms with E-state index in [1.165, 1.54) is 5.57 Å². The summed E-state index contributed by atoms with van der Waals surface area (Å²) in [6.07, 6.45) is 4.86. The lowest BCUT2D eigenvalue weighted by molar-refractivity contribution is -0.119. The molecular formula is C20H31ClN2O2. The maximum atomic E-state index is 11.3. The predicted molar refractivity (Wildman–Crippen MR) is 107 cm³/mol. The van der Waals surface area contributed by atoms with Gasteiger partial charge in [0, 0.05) is 36.5 Å². The fraction of sp³-hybridized carbons (Fsp3) is 0.550. The summed E-state index contributed by atoms with van der Waals surface area (Å²) in [4.78, 5) is 13.1. The number of hydrogen-bond acceptors (Lipinski definition) is 3. The molecule has 0 saturated carbocycles. The van der Waals surface area contributed by atoms with Gasteiger partial charge in [-0.15, -0.1) is 0 Å². The number of ether oxygens (including phenoxy) is 1. The van der Waals surface area contributed by atoms with Crippen LogP contribution in [0.5, 0.6) is 0 Å². The summed E-state index contributed by atoms with van der Waals surface area (Å²) in [5, 5.41) is 0.685. The zero-order chi connectivity index (χ0) is 19.0. The van der Waals surface area contributed by atoms with Crippen LogP contribution < -0.4 is 5.73 Å². The van der Waals surface area contributed by atoms with Gasteiger partial charge in [0.25, 0.3) is 0 Å². The van der Waals surface area contributed by atoms with Gasteiger partial charge in [-0.3, -0.25) is 4.79 Å². The number of benzene rings is 1. The van der Waals surface area contributed by atoms with Crippen LogP contribution in [0.1, 0.15) is 46.1 Å². The van der Waals surface area contributed by atoms with Crippen molar-refractivity contribution < 1.29 is 9.53 Å². The lowest BCUT2D eigenvalue weighted by Gasteiger charge is -2.35. The molecule has 1 aromatic rings. The number of rotatable bonds is 4. The number of amides is 1. The van der Waals surface area contributed by atoms with Gasteiger partial charge in [0.2, 0.25) is 6.41 Å². The maximum absolute atomic E-state index is 11.3. The Balaban J connectivity index is 0.000000705. The van der Waals surface area contributed by atoms with Crippen molar-refractivity contribution >= 4 is 29.3 Å². The Bertz CT molecular complexity index is 592. The number of carbonyl (C=O) groups excluding carboxylic acids is 1. The van der Waals surface area contributed by atoms with E-state index in [9.17, 15) is 4.79 Å². The fourth-order valence-electron chi connectivity index (χ4n) is 2.79. The second kappa shape index (κ2) is 9.83. The van der Waals surface area contributed by atoms with E-state index in [1.807, 2.05) is 24.0 Å². The molecule has 1 unspecified atom stereocenters. The van der Waals surface area contributed by atoms with Crippen molar-refractivity contribution in [2.24, 2.45) is 5.41 Å². The summed E-state index contributed by atoms with van der Waals surface area (Å²) < 4.78 is 4.54. The summed E-state index contributed by atoms with van der Waals surface area (Å²) in [7, 11) is 1.68. The molecule has 1 atom stereocenters. The minimum absolute atomic E-state index is 0.115. The molecule has 2 rings (SSSR count). The first kappa shape index (κ1) is 21.5.